The molecule has 84 valence electrons. The van der Waals surface area contributed by atoms with Gasteiger partial charge in [-0.3, -0.25) is 0 Å². The van der Waals surface area contributed by atoms with Gasteiger partial charge in [0.05, 0.1) is 13.2 Å². The highest BCUT2D eigenvalue weighted by Gasteiger charge is 2.11. The molecule has 0 aliphatic heterocycles. The molecule has 2 aromatic carbocycles. The number of benzene rings is 2. The zero-order valence-corrected chi connectivity index (χ0v) is 9.18. The van der Waals surface area contributed by atoms with E-state index in [-0.39, 0.29) is 6.54 Å². The van der Waals surface area contributed by atoms with Crippen LogP contribution in [0.5, 0.6) is 5.75 Å². The number of fused-ring (bicyclic) bond motifs is 1. The SMILES string of the molecule is COc1ccc([C@H](O)CN)c2ccccc12. The number of rotatable bonds is 3. The third-order valence-corrected chi connectivity index (χ3v) is 2.72. The lowest BCUT2D eigenvalue weighted by atomic mass is 10.00. The van der Waals surface area contributed by atoms with Gasteiger partial charge in [-0.2, -0.15) is 0 Å². The standard InChI is InChI=1S/C13H15NO2/c1-16-13-7-6-10(12(15)8-14)9-4-2-3-5-11(9)13/h2-7,12,15H,8,14H2,1H3/t12-/m1/s1. The molecular formula is C13H15NO2. The van der Waals surface area contributed by atoms with Crippen LogP contribution in [0.15, 0.2) is 36.4 Å². The van der Waals surface area contributed by atoms with E-state index in [1.807, 2.05) is 36.4 Å². The predicted octanol–water partition coefficient (Wildman–Crippen LogP) is 1.84. The van der Waals surface area contributed by atoms with Crippen molar-refractivity contribution in [1.82, 2.24) is 0 Å². The smallest absolute Gasteiger partial charge is 0.126 e. The summed E-state index contributed by atoms with van der Waals surface area (Å²) in [7, 11) is 1.64. The summed E-state index contributed by atoms with van der Waals surface area (Å²) in [6.07, 6.45) is -0.629. The van der Waals surface area contributed by atoms with Gasteiger partial charge in [-0.05, 0) is 17.0 Å². The maximum absolute atomic E-state index is 9.83. The van der Waals surface area contributed by atoms with Crippen molar-refractivity contribution >= 4 is 10.8 Å². The molecule has 0 radical (unpaired) electrons. The van der Waals surface area contributed by atoms with Gasteiger partial charge in [0.2, 0.25) is 0 Å². The van der Waals surface area contributed by atoms with E-state index in [4.69, 9.17) is 10.5 Å². The minimum Gasteiger partial charge on any atom is -0.496 e. The summed E-state index contributed by atoms with van der Waals surface area (Å²) >= 11 is 0. The van der Waals surface area contributed by atoms with Crippen LogP contribution in [0, 0.1) is 0 Å². The molecule has 0 amide bonds. The monoisotopic (exact) mass is 217 g/mol. The second-order valence-electron chi connectivity index (χ2n) is 3.65. The molecule has 3 N–H and O–H groups in total. The molecule has 0 saturated heterocycles. The molecule has 0 unspecified atom stereocenters. The van der Waals surface area contributed by atoms with Crippen LogP contribution < -0.4 is 10.5 Å². The van der Waals surface area contributed by atoms with Crippen molar-refractivity contribution in [2.24, 2.45) is 5.73 Å². The second kappa shape index (κ2) is 4.51. The molecule has 0 spiro atoms. The highest BCUT2D eigenvalue weighted by atomic mass is 16.5. The fraction of sp³-hybridized carbons (Fsp3) is 0.231. The Morgan fingerprint density at radius 1 is 1.19 bits per heavy atom. The lowest BCUT2D eigenvalue weighted by Crippen LogP contribution is -2.11. The van der Waals surface area contributed by atoms with Crippen molar-refractivity contribution in [2.75, 3.05) is 13.7 Å². The molecule has 0 aliphatic carbocycles. The molecule has 16 heavy (non-hydrogen) atoms. The maximum Gasteiger partial charge on any atom is 0.126 e. The first-order valence-corrected chi connectivity index (χ1v) is 5.21. The summed E-state index contributed by atoms with van der Waals surface area (Å²) in [4.78, 5) is 0. The van der Waals surface area contributed by atoms with E-state index >= 15 is 0 Å². The number of hydrogen-bond donors (Lipinski definition) is 2. The van der Waals surface area contributed by atoms with Crippen LogP contribution in [0.4, 0.5) is 0 Å². The van der Waals surface area contributed by atoms with E-state index in [0.29, 0.717) is 0 Å². The van der Waals surface area contributed by atoms with Crippen LogP contribution in [0.3, 0.4) is 0 Å². The van der Waals surface area contributed by atoms with Crippen LogP contribution in [-0.4, -0.2) is 18.8 Å². The normalized spacial score (nSPS) is 12.7. The van der Waals surface area contributed by atoms with Gasteiger partial charge in [0.25, 0.3) is 0 Å². The molecule has 0 bridgehead atoms. The zero-order chi connectivity index (χ0) is 11.5. The van der Waals surface area contributed by atoms with Gasteiger partial charge in [0.15, 0.2) is 0 Å². The minimum absolute atomic E-state index is 0.219. The number of hydrogen-bond acceptors (Lipinski definition) is 3. The van der Waals surface area contributed by atoms with E-state index in [2.05, 4.69) is 0 Å². The number of aliphatic hydroxyl groups is 1. The Balaban J connectivity index is 2.69. The maximum atomic E-state index is 9.83. The van der Waals surface area contributed by atoms with Crippen molar-refractivity contribution in [3.05, 3.63) is 42.0 Å². The van der Waals surface area contributed by atoms with E-state index < -0.39 is 6.10 Å². The van der Waals surface area contributed by atoms with Gasteiger partial charge in [0, 0.05) is 11.9 Å². The summed E-state index contributed by atoms with van der Waals surface area (Å²) in [6, 6.07) is 11.5. The topological polar surface area (TPSA) is 55.5 Å². The lowest BCUT2D eigenvalue weighted by molar-refractivity contribution is 0.188. The van der Waals surface area contributed by atoms with Crippen molar-refractivity contribution in [1.29, 1.82) is 0 Å². The average molecular weight is 217 g/mol. The molecular weight excluding hydrogens is 202 g/mol. The van der Waals surface area contributed by atoms with Crippen molar-refractivity contribution < 1.29 is 9.84 Å². The molecule has 0 saturated carbocycles. The largest absolute Gasteiger partial charge is 0.496 e. The van der Waals surface area contributed by atoms with Crippen LogP contribution in [-0.2, 0) is 0 Å². The lowest BCUT2D eigenvalue weighted by Gasteiger charge is -2.13. The zero-order valence-electron chi connectivity index (χ0n) is 9.18. The molecule has 0 aliphatic rings. The molecule has 0 fully saturated rings. The first kappa shape index (κ1) is 10.9. The molecule has 1 atom stereocenters. The number of aliphatic hydroxyl groups excluding tert-OH is 1. The summed E-state index contributed by atoms with van der Waals surface area (Å²) in [5.74, 6) is 0.809. The molecule has 0 aromatic heterocycles. The Kier molecular flexibility index (Phi) is 3.08. The molecule has 0 heterocycles. The molecule has 2 rings (SSSR count). The Bertz CT molecular complexity index is 496. The number of ether oxygens (including phenoxy) is 1. The second-order valence-corrected chi connectivity index (χ2v) is 3.65. The van der Waals surface area contributed by atoms with Crippen LogP contribution in [0.25, 0.3) is 10.8 Å². The Morgan fingerprint density at radius 2 is 1.88 bits per heavy atom. The van der Waals surface area contributed by atoms with E-state index in [9.17, 15) is 5.11 Å². The first-order valence-electron chi connectivity index (χ1n) is 5.21. The van der Waals surface area contributed by atoms with Crippen LogP contribution in [0.2, 0.25) is 0 Å². The molecule has 3 heteroatoms. The Hall–Kier alpha value is -1.58. The number of nitrogens with two attached hydrogens (primary N) is 1. The summed E-state index contributed by atoms with van der Waals surface area (Å²) in [5.41, 5.74) is 6.33. The van der Waals surface area contributed by atoms with Gasteiger partial charge in [-0.15, -0.1) is 0 Å². The summed E-state index contributed by atoms with van der Waals surface area (Å²) in [6.45, 7) is 0.219. The molecule has 3 nitrogen and oxygen atoms in total. The highest BCUT2D eigenvalue weighted by Crippen LogP contribution is 2.31. The summed E-state index contributed by atoms with van der Waals surface area (Å²) in [5, 5.41) is 11.8. The third-order valence-electron chi connectivity index (χ3n) is 2.72. The van der Waals surface area contributed by atoms with E-state index in [1.165, 1.54) is 0 Å². The fourth-order valence-corrected chi connectivity index (χ4v) is 1.89. The molecule has 2 aromatic rings. The first-order chi connectivity index (χ1) is 7.77. The predicted molar refractivity (Wildman–Crippen MR) is 64.5 cm³/mol. The highest BCUT2D eigenvalue weighted by molar-refractivity contribution is 5.91. The van der Waals surface area contributed by atoms with E-state index in [0.717, 1.165) is 22.1 Å². The van der Waals surface area contributed by atoms with Crippen LogP contribution in [0.1, 0.15) is 11.7 Å². The van der Waals surface area contributed by atoms with Crippen LogP contribution >= 0.6 is 0 Å². The van der Waals surface area contributed by atoms with Gasteiger partial charge < -0.3 is 15.6 Å². The quantitative estimate of drug-likeness (QED) is 0.824. The number of methoxy groups -OCH3 is 1. The summed E-state index contributed by atoms with van der Waals surface area (Å²) < 4.78 is 5.28. The minimum atomic E-state index is -0.629. The van der Waals surface area contributed by atoms with Crippen molar-refractivity contribution in [3.8, 4) is 5.75 Å². The van der Waals surface area contributed by atoms with Gasteiger partial charge in [-0.25, -0.2) is 0 Å². The Labute approximate surface area is 94.5 Å². The van der Waals surface area contributed by atoms with Gasteiger partial charge in [0.1, 0.15) is 5.75 Å². The average Bonchev–Trinajstić information content (AvgIpc) is 2.36. The van der Waals surface area contributed by atoms with Crippen molar-refractivity contribution in [2.45, 2.75) is 6.10 Å². The van der Waals surface area contributed by atoms with Gasteiger partial charge >= 0.3 is 0 Å². The van der Waals surface area contributed by atoms with Gasteiger partial charge in [-0.1, -0.05) is 30.3 Å². The fourth-order valence-electron chi connectivity index (χ4n) is 1.89. The Morgan fingerprint density at radius 3 is 2.50 bits per heavy atom. The van der Waals surface area contributed by atoms with E-state index in [1.54, 1.807) is 7.11 Å². The third kappa shape index (κ3) is 1.75. The van der Waals surface area contributed by atoms with Crippen molar-refractivity contribution in [3.63, 3.8) is 0 Å².